The number of thioether (sulfide) groups is 4. The van der Waals surface area contributed by atoms with Gasteiger partial charge in [0.05, 0.1) is 0 Å². The highest BCUT2D eigenvalue weighted by Gasteiger charge is 2.08. The molecule has 0 radical (unpaired) electrons. The third-order valence-electron chi connectivity index (χ3n) is 4.87. The van der Waals surface area contributed by atoms with E-state index >= 15 is 0 Å². The van der Waals surface area contributed by atoms with Gasteiger partial charge in [-0.15, -0.1) is 0 Å². The van der Waals surface area contributed by atoms with E-state index in [0.717, 1.165) is 26.2 Å². The summed E-state index contributed by atoms with van der Waals surface area (Å²) >= 11 is 8.59. The number of nitrogens with zero attached hydrogens (tertiary/aromatic N) is 2. The van der Waals surface area contributed by atoms with Crippen LogP contribution in [0, 0.1) is 0 Å². The van der Waals surface area contributed by atoms with Gasteiger partial charge in [-0.3, -0.25) is 0 Å². The van der Waals surface area contributed by atoms with Gasteiger partial charge < -0.3 is 20.4 Å². The van der Waals surface area contributed by atoms with Gasteiger partial charge in [-0.2, -0.15) is 47.0 Å². The summed E-state index contributed by atoms with van der Waals surface area (Å²) in [6, 6.07) is 0. The zero-order chi connectivity index (χ0) is 18.8. The zero-order valence-corrected chi connectivity index (χ0v) is 20.2. The molecule has 3 heterocycles. The lowest BCUT2D eigenvalue weighted by Crippen LogP contribution is -2.37. The molecular weight excluding hydrogens is 413 g/mol. The fourth-order valence-electron chi connectivity index (χ4n) is 3.15. The first-order valence-electron chi connectivity index (χ1n) is 10.6. The molecule has 3 fully saturated rings. The number of hydrogen-bond acceptors (Lipinski definition) is 8. The van der Waals surface area contributed by atoms with Crippen molar-refractivity contribution >= 4 is 47.0 Å². The second kappa shape index (κ2) is 18.0. The van der Waals surface area contributed by atoms with E-state index in [1.165, 1.54) is 91.7 Å². The summed E-state index contributed by atoms with van der Waals surface area (Å²) in [5, 5.41) is 7.30. The van der Waals surface area contributed by atoms with Crippen LogP contribution in [0.15, 0.2) is 0 Å². The Hall–Kier alpha value is 1.24. The van der Waals surface area contributed by atoms with E-state index in [4.69, 9.17) is 0 Å². The van der Waals surface area contributed by atoms with Gasteiger partial charge in [0.15, 0.2) is 0 Å². The van der Waals surface area contributed by atoms with Crippen molar-refractivity contribution in [2.75, 3.05) is 111 Å². The maximum atomic E-state index is 3.65. The van der Waals surface area contributed by atoms with Gasteiger partial charge in [-0.05, 0) is 19.5 Å². The molecular formula is C19H40N4S4. The highest BCUT2D eigenvalue weighted by molar-refractivity contribution is 8.03. The van der Waals surface area contributed by atoms with Gasteiger partial charge in [0.25, 0.3) is 0 Å². The first-order chi connectivity index (χ1) is 13.4. The fraction of sp³-hybridized carbons (Fsp3) is 1.00. The second-order valence-electron chi connectivity index (χ2n) is 6.99. The molecule has 8 heteroatoms. The Labute approximate surface area is 184 Å². The van der Waals surface area contributed by atoms with Crippen LogP contribution in [0.2, 0.25) is 0 Å². The van der Waals surface area contributed by atoms with Crippen molar-refractivity contribution in [3.8, 4) is 0 Å². The van der Waals surface area contributed by atoms with Gasteiger partial charge in [0.2, 0.25) is 0 Å². The minimum atomic E-state index is 1.13. The average Bonchev–Trinajstić information content (AvgIpc) is 2.68. The highest BCUT2D eigenvalue weighted by atomic mass is 32.2. The first-order valence-corrected chi connectivity index (χ1v) is 15.2. The first kappa shape index (κ1) is 24.5. The van der Waals surface area contributed by atoms with E-state index < -0.39 is 0 Å². The van der Waals surface area contributed by atoms with Gasteiger partial charge in [0.1, 0.15) is 0 Å². The molecule has 3 aliphatic rings. The van der Waals surface area contributed by atoms with Crippen LogP contribution in [0.3, 0.4) is 0 Å². The van der Waals surface area contributed by atoms with Gasteiger partial charge in [-0.25, -0.2) is 0 Å². The summed E-state index contributed by atoms with van der Waals surface area (Å²) in [5.41, 5.74) is 0. The quantitative estimate of drug-likeness (QED) is 0.578. The predicted molar refractivity (Wildman–Crippen MR) is 133 cm³/mol. The lowest BCUT2D eigenvalue weighted by molar-refractivity contribution is 0.304. The van der Waals surface area contributed by atoms with Crippen LogP contribution in [0.1, 0.15) is 6.42 Å². The maximum Gasteiger partial charge on any atom is 0.0107 e. The minimum absolute atomic E-state index is 1.13. The van der Waals surface area contributed by atoms with Crippen LogP contribution in [0.5, 0.6) is 0 Å². The summed E-state index contributed by atoms with van der Waals surface area (Å²) in [7, 11) is 0. The largest absolute Gasteiger partial charge is 0.315 e. The van der Waals surface area contributed by atoms with E-state index in [0.29, 0.717) is 0 Å². The summed E-state index contributed by atoms with van der Waals surface area (Å²) in [6.45, 7) is 12.0. The Bertz CT molecular complexity index is 283. The van der Waals surface area contributed by atoms with Crippen molar-refractivity contribution in [2.45, 2.75) is 6.42 Å². The minimum Gasteiger partial charge on any atom is -0.315 e. The molecule has 0 aromatic heterocycles. The normalized spacial score (nSPS) is 30.2. The van der Waals surface area contributed by atoms with Crippen LogP contribution in [-0.4, -0.2) is 121 Å². The summed E-state index contributed by atoms with van der Waals surface area (Å²) in [4.78, 5) is 5.36. The van der Waals surface area contributed by atoms with Crippen molar-refractivity contribution in [1.29, 1.82) is 0 Å². The molecule has 0 aromatic rings. The van der Waals surface area contributed by atoms with Crippen LogP contribution in [0.4, 0.5) is 0 Å². The van der Waals surface area contributed by atoms with E-state index in [9.17, 15) is 0 Å². The molecule has 27 heavy (non-hydrogen) atoms. The van der Waals surface area contributed by atoms with Crippen LogP contribution < -0.4 is 10.6 Å². The van der Waals surface area contributed by atoms with Crippen molar-refractivity contribution in [3.05, 3.63) is 0 Å². The number of fused-ring (bicyclic) bond motifs is 22. The molecule has 3 rings (SSSR count). The van der Waals surface area contributed by atoms with E-state index in [1.54, 1.807) is 0 Å². The third kappa shape index (κ3) is 14.0. The topological polar surface area (TPSA) is 30.5 Å². The molecule has 3 saturated heterocycles. The van der Waals surface area contributed by atoms with E-state index in [2.05, 4.69) is 67.5 Å². The Morgan fingerprint density at radius 3 is 1.15 bits per heavy atom. The van der Waals surface area contributed by atoms with Crippen molar-refractivity contribution in [1.82, 2.24) is 20.4 Å². The smallest absolute Gasteiger partial charge is 0.0107 e. The molecule has 0 amide bonds. The maximum absolute atomic E-state index is 3.65. The van der Waals surface area contributed by atoms with Crippen LogP contribution >= 0.6 is 47.0 Å². The molecule has 0 saturated carbocycles. The Kier molecular flexibility index (Phi) is 16.4. The zero-order valence-electron chi connectivity index (χ0n) is 17.0. The number of hydrogen-bond donors (Lipinski definition) is 2. The summed E-state index contributed by atoms with van der Waals surface area (Å²) < 4.78 is 0. The second-order valence-corrected chi connectivity index (χ2v) is 11.9. The summed E-state index contributed by atoms with van der Waals surface area (Å²) in [5.74, 6) is 10.4. The lowest BCUT2D eigenvalue weighted by Gasteiger charge is -2.23. The van der Waals surface area contributed by atoms with Crippen molar-refractivity contribution in [2.24, 2.45) is 0 Å². The molecule has 0 atom stereocenters. The van der Waals surface area contributed by atoms with Crippen molar-refractivity contribution < 1.29 is 0 Å². The van der Waals surface area contributed by atoms with Gasteiger partial charge >= 0.3 is 0 Å². The van der Waals surface area contributed by atoms with E-state index in [1.807, 2.05) is 0 Å². The molecule has 4 nitrogen and oxygen atoms in total. The SMILES string of the molecule is C1CNCCN2CCSCCSCCN(CCNC1)CCSCCSCC2. The fourth-order valence-corrected chi connectivity index (χ4v) is 7.40. The summed E-state index contributed by atoms with van der Waals surface area (Å²) in [6.07, 6.45) is 1.23. The molecule has 0 spiro atoms. The molecule has 160 valence electrons. The molecule has 0 aliphatic carbocycles. The standard InChI is InChI=1S/C19H40N4S4/c1-2-20-4-6-22-8-12-24-16-18-26-14-10-23(7-5-21-3-1)11-15-27-19-17-25-13-9-22/h20-21H,1-19H2. The molecule has 0 unspecified atom stereocenters. The average molecular weight is 453 g/mol. The number of rotatable bonds is 0. The van der Waals surface area contributed by atoms with Crippen molar-refractivity contribution in [3.63, 3.8) is 0 Å². The van der Waals surface area contributed by atoms with Crippen LogP contribution in [-0.2, 0) is 0 Å². The molecule has 2 N–H and O–H groups in total. The molecule has 2 bridgehead atoms. The highest BCUT2D eigenvalue weighted by Crippen LogP contribution is 2.11. The lowest BCUT2D eigenvalue weighted by atomic mass is 10.4. The number of nitrogens with one attached hydrogen (secondary N) is 2. The van der Waals surface area contributed by atoms with Gasteiger partial charge in [-0.1, -0.05) is 0 Å². The Balaban J connectivity index is 1.87. The monoisotopic (exact) mass is 452 g/mol. The Morgan fingerprint density at radius 1 is 0.407 bits per heavy atom. The van der Waals surface area contributed by atoms with E-state index in [-0.39, 0.29) is 0 Å². The Morgan fingerprint density at radius 2 is 0.778 bits per heavy atom. The molecule has 0 aromatic carbocycles. The van der Waals surface area contributed by atoms with Crippen LogP contribution in [0.25, 0.3) is 0 Å². The molecule has 3 aliphatic heterocycles. The van der Waals surface area contributed by atoms with Gasteiger partial charge in [0, 0.05) is 98.4 Å². The third-order valence-corrected chi connectivity index (χ3v) is 9.24. The predicted octanol–water partition coefficient (Wildman–Crippen LogP) is 2.12.